The van der Waals surface area contributed by atoms with Crippen LogP contribution in [-0.2, 0) is 6.54 Å². The number of aromatic nitrogens is 3. The van der Waals surface area contributed by atoms with Crippen LogP contribution >= 0.6 is 0 Å². The maximum Gasteiger partial charge on any atom is 0.270 e. The van der Waals surface area contributed by atoms with E-state index in [0.29, 0.717) is 12.2 Å². The van der Waals surface area contributed by atoms with Gasteiger partial charge in [0.25, 0.3) is 5.91 Å². The summed E-state index contributed by atoms with van der Waals surface area (Å²) in [4.78, 5) is 17.8. The molecule has 0 saturated heterocycles. The molecule has 3 rings (SSSR count). The van der Waals surface area contributed by atoms with E-state index in [1.54, 1.807) is 11.9 Å². The molecule has 0 spiro atoms. The Morgan fingerprint density at radius 3 is 2.57 bits per heavy atom. The van der Waals surface area contributed by atoms with E-state index in [-0.39, 0.29) is 5.91 Å². The Morgan fingerprint density at radius 1 is 1.17 bits per heavy atom. The number of hydrogen-bond donors (Lipinski definition) is 2. The van der Waals surface area contributed by atoms with Gasteiger partial charge in [-0.1, -0.05) is 11.6 Å². The molecule has 0 atom stereocenters. The van der Waals surface area contributed by atoms with Crippen molar-refractivity contribution in [2.75, 3.05) is 7.05 Å². The van der Waals surface area contributed by atoms with Crippen molar-refractivity contribution in [3.8, 4) is 0 Å². The molecule has 0 aliphatic rings. The van der Waals surface area contributed by atoms with Crippen molar-refractivity contribution >= 4 is 16.8 Å². The summed E-state index contributed by atoms with van der Waals surface area (Å²) in [7, 11) is 1.80. The zero-order chi connectivity index (χ0) is 16.7. The number of aromatic amines is 2. The SMILES string of the molecule is Cc1cc(C)c2[nH]c(C(=O)N(C)Cc3cc(C)[nH]n3)c(C)c2c1. The second-order valence-electron chi connectivity index (χ2n) is 6.33. The number of aryl methyl sites for hydroxylation is 4. The first-order valence-corrected chi connectivity index (χ1v) is 7.72. The number of fused-ring (bicyclic) bond motifs is 1. The summed E-state index contributed by atoms with van der Waals surface area (Å²) < 4.78 is 0. The van der Waals surface area contributed by atoms with E-state index < -0.39 is 0 Å². The summed E-state index contributed by atoms with van der Waals surface area (Å²) in [5, 5.41) is 8.22. The Labute approximate surface area is 135 Å². The summed E-state index contributed by atoms with van der Waals surface area (Å²) in [6.45, 7) is 8.57. The third kappa shape index (κ3) is 2.74. The first kappa shape index (κ1) is 15.3. The van der Waals surface area contributed by atoms with Crippen molar-refractivity contribution in [1.29, 1.82) is 0 Å². The number of nitrogens with one attached hydrogen (secondary N) is 2. The van der Waals surface area contributed by atoms with Gasteiger partial charge in [0.2, 0.25) is 0 Å². The predicted octanol–water partition coefficient (Wildman–Crippen LogP) is 3.40. The second-order valence-corrected chi connectivity index (χ2v) is 6.33. The minimum atomic E-state index is -0.0172. The first-order chi connectivity index (χ1) is 10.9. The molecule has 2 N–H and O–H groups in total. The Balaban J connectivity index is 1.94. The highest BCUT2D eigenvalue weighted by Crippen LogP contribution is 2.26. The Morgan fingerprint density at radius 2 is 1.91 bits per heavy atom. The molecular formula is C18H22N4O. The van der Waals surface area contributed by atoms with Crippen LogP contribution in [0, 0.1) is 27.7 Å². The fraction of sp³-hybridized carbons (Fsp3) is 0.333. The van der Waals surface area contributed by atoms with Gasteiger partial charge in [0, 0.05) is 23.6 Å². The maximum atomic E-state index is 12.8. The van der Waals surface area contributed by atoms with E-state index in [4.69, 9.17) is 0 Å². The quantitative estimate of drug-likeness (QED) is 0.778. The van der Waals surface area contributed by atoms with E-state index in [2.05, 4.69) is 41.2 Å². The minimum Gasteiger partial charge on any atom is -0.350 e. The van der Waals surface area contributed by atoms with Crippen molar-refractivity contribution < 1.29 is 4.79 Å². The number of hydrogen-bond acceptors (Lipinski definition) is 2. The molecule has 3 aromatic rings. The minimum absolute atomic E-state index is 0.0172. The molecule has 2 aromatic heterocycles. The molecule has 1 amide bonds. The third-order valence-corrected chi connectivity index (χ3v) is 4.23. The Bertz CT molecular complexity index is 888. The molecule has 0 aliphatic heterocycles. The van der Waals surface area contributed by atoms with Crippen molar-refractivity contribution in [1.82, 2.24) is 20.1 Å². The molecule has 5 heteroatoms. The van der Waals surface area contributed by atoms with Gasteiger partial charge >= 0.3 is 0 Å². The largest absolute Gasteiger partial charge is 0.350 e. The van der Waals surface area contributed by atoms with Gasteiger partial charge in [0.15, 0.2) is 0 Å². The lowest BCUT2D eigenvalue weighted by Gasteiger charge is -2.15. The number of H-pyrrole nitrogens is 2. The van der Waals surface area contributed by atoms with Gasteiger partial charge < -0.3 is 9.88 Å². The molecular weight excluding hydrogens is 288 g/mol. The Hall–Kier alpha value is -2.56. The van der Waals surface area contributed by atoms with Gasteiger partial charge in [0.1, 0.15) is 5.69 Å². The molecule has 0 unspecified atom stereocenters. The molecule has 0 bridgehead atoms. The van der Waals surface area contributed by atoms with Crippen molar-refractivity contribution in [3.05, 3.63) is 52.0 Å². The average Bonchev–Trinajstić information content (AvgIpc) is 3.03. The summed E-state index contributed by atoms with van der Waals surface area (Å²) in [6.07, 6.45) is 0. The predicted molar refractivity (Wildman–Crippen MR) is 91.6 cm³/mol. The number of carbonyl (C=O) groups is 1. The highest BCUT2D eigenvalue weighted by molar-refractivity contribution is 6.01. The molecule has 120 valence electrons. The number of amides is 1. The van der Waals surface area contributed by atoms with Gasteiger partial charge in [-0.25, -0.2) is 0 Å². The number of carbonyl (C=O) groups excluding carboxylic acids is 1. The van der Waals surface area contributed by atoms with Crippen LogP contribution in [0.4, 0.5) is 0 Å². The van der Waals surface area contributed by atoms with Crippen LogP contribution in [0.15, 0.2) is 18.2 Å². The van der Waals surface area contributed by atoms with Crippen LogP contribution in [0.2, 0.25) is 0 Å². The van der Waals surface area contributed by atoms with E-state index >= 15 is 0 Å². The van der Waals surface area contributed by atoms with E-state index in [1.807, 2.05) is 19.9 Å². The maximum absolute atomic E-state index is 12.8. The zero-order valence-corrected chi connectivity index (χ0v) is 14.2. The summed E-state index contributed by atoms with van der Waals surface area (Å²) >= 11 is 0. The second kappa shape index (κ2) is 5.57. The van der Waals surface area contributed by atoms with Gasteiger partial charge in [-0.2, -0.15) is 5.10 Å². The summed E-state index contributed by atoms with van der Waals surface area (Å²) in [5.74, 6) is -0.0172. The monoisotopic (exact) mass is 310 g/mol. The van der Waals surface area contributed by atoms with Gasteiger partial charge in [-0.15, -0.1) is 0 Å². The third-order valence-electron chi connectivity index (χ3n) is 4.23. The lowest BCUT2D eigenvalue weighted by molar-refractivity contribution is 0.0778. The van der Waals surface area contributed by atoms with Crippen LogP contribution in [0.25, 0.3) is 10.9 Å². The van der Waals surface area contributed by atoms with Crippen LogP contribution in [0.3, 0.4) is 0 Å². The van der Waals surface area contributed by atoms with E-state index in [1.165, 1.54) is 5.56 Å². The molecule has 0 aliphatic carbocycles. The fourth-order valence-corrected chi connectivity index (χ4v) is 3.06. The standard InChI is InChI=1S/C18H22N4O/c1-10-6-11(2)16-15(7-10)13(4)17(19-16)18(23)22(5)9-14-8-12(3)20-21-14/h6-8,19H,9H2,1-5H3,(H,20,21). The van der Waals surface area contributed by atoms with Crippen LogP contribution in [0.1, 0.15) is 38.6 Å². The van der Waals surface area contributed by atoms with Crippen molar-refractivity contribution in [3.63, 3.8) is 0 Å². The topological polar surface area (TPSA) is 64.8 Å². The number of rotatable bonds is 3. The van der Waals surface area contributed by atoms with Gasteiger partial charge in [0.05, 0.1) is 12.2 Å². The van der Waals surface area contributed by atoms with Crippen molar-refractivity contribution in [2.45, 2.75) is 34.2 Å². The lowest BCUT2D eigenvalue weighted by Crippen LogP contribution is -2.27. The average molecular weight is 310 g/mol. The van der Waals surface area contributed by atoms with E-state index in [9.17, 15) is 4.79 Å². The van der Waals surface area contributed by atoms with Gasteiger partial charge in [-0.3, -0.25) is 9.89 Å². The van der Waals surface area contributed by atoms with Gasteiger partial charge in [-0.05, 0) is 51.0 Å². The van der Waals surface area contributed by atoms with Crippen LogP contribution in [-0.4, -0.2) is 33.0 Å². The molecule has 5 nitrogen and oxygen atoms in total. The highest BCUT2D eigenvalue weighted by Gasteiger charge is 2.20. The first-order valence-electron chi connectivity index (χ1n) is 7.72. The summed E-state index contributed by atoms with van der Waals surface area (Å²) in [5.41, 5.74) is 6.92. The summed E-state index contributed by atoms with van der Waals surface area (Å²) in [6, 6.07) is 6.21. The number of nitrogens with zero attached hydrogens (tertiary/aromatic N) is 2. The van der Waals surface area contributed by atoms with E-state index in [0.717, 1.165) is 33.4 Å². The normalized spacial score (nSPS) is 11.2. The molecule has 23 heavy (non-hydrogen) atoms. The fourth-order valence-electron chi connectivity index (χ4n) is 3.06. The lowest BCUT2D eigenvalue weighted by atomic mass is 10.1. The van der Waals surface area contributed by atoms with Crippen LogP contribution in [0.5, 0.6) is 0 Å². The molecule has 0 fully saturated rings. The molecule has 0 radical (unpaired) electrons. The highest BCUT2D eigenvalue weighted by atomic mass is 16.2. The Kier molecular flexibility index (Phi) is 3.72. The zero-order valence-electron chi connectivity index (χ0n) is 14.2. The molecule has 1 aromatic carbocycles. The molecule has 2 heterocycles. The van der Waals surface area contributed by atoms with Crippen molar-refractivity contribution in [2.24, 2.45) is 0 Å². The number of benzene rings is 1. The molecule has 0 saturated carbocycles. The smallest absolute Gasteiger partial charge is 0.270 e. The van der Waals surface area contributed by atoms with Crippen LogP contribution < -0.4 is 0 Å².